The summed E-state index contributed by atoms with van der Waals surface area (Å²) in [6.45, 7) is 2.21. The minimum atomic E-state index is -0.418. The third-order valence-electron chi connectivity index (χ3n) is 5.60. The molecule has 2 aromatic carbocycles. The van der Waals surface area contributed by atoms with E-state index in [-0.39, 0.29) is 11.8 Å². The molecule has 2 amide bonds. The number of nitrogens with zero attached hydrogens (tertiary/aromatic N) is 7. The van der Waals surface area contributed by atoms with E-state index in [1.54, 1.807) is 25.4 Å². The molecule has 5 aromatic rings. The number of pyridine rings is 1. The fraction of sp³-hybridized carbons (Fsp3) is 0.115. The topological polar surface area (TPSA) is 110 Å². The van der Waals surface area contributed by atoms with Gasteiger partial charge in [-0.05, 0) is 55.5 Å². The van der Waals surface area contributed by atoms with Crippen LogP contribution in [0.1, 0.15) is 11.4 Å². The van der Waals surface area contributed by atoms with E-state index in [1.165, 1.54) is 23.4 Å². The van der Waals surface area contributed by atoms with Crippen molar-refractivity contribution in [3.05, 3.63) is 90.4 Å². The first kappa shape index (κ1) is 22.9. The second kappa shape index (κ2) is 9.79. The summed E-state index contributed by atoms with van der Waals surface area (Å²) >= 11 is 0. The number of nitrogens with one attached hydrogen (secondary N) is 1. The average Bonchev–Trinajstić information content (AvgIpc) is 2.90. The first-order chi connectivity index (χ1) is 17.5. The number of amides is 2. The molecule has 3 aromatic heterocycles. The van der Waals surface area contributed by atoms with Crippen molar-refractivity contribution in [2.24, 2.45) is 0 Å². The maximum absolute atomic E-state index is 13.6. The van der Waals surface area contributed by atoms with E-state index in [1.807, 2.05) is 43.3 Å². The van der Waals surface area contributed by atoms with Crippen molar-refractivity contribution in [2.75, 3.05) is 12.4 Å². The highest BCUT2D eigenvalue weighted by Gasteiger charge is 2.18. The average molecular weight is 481 g/mol. The third-order valence-corrected chi connectivity index (χ3v) is 5.60. The lowest BCUT2D eigenvalue weighted by atomic mass is 10.0. The molecule has 0 bridgehead atoms. The van der Waals surface area contributed by atoms with Gasteiger partial charge in [-0.15, -0.1) is 10.2 Å². The van der Waals surface area contributed by atoms with E-state index in [2.05, 4.69) is 35.5 Å². The van der Waals surface area contributed by atoms with Crippen molar-refractivity contribution in [3.63, 3.8) is 0 Å². The van der Waals surface area contributed by atoms with E-state index in [4.69, 9.17) is 0 Å². The van der Waals surface area contributed by atoms with Crippen molar-refractivity contribution >= 4 is 22.9 Å². The Morgan fingerprint density at radius 3 is 2.53 bits per heavy atom. The zero-order chi connectivity index (χ0) is 25.1. The summed E-state index contributed by atoms with van der Waals surface area (Å²) in [7, 11) is 1.65. The van der Waals surface area contributed by atoms with E-state index in [0.29, 0.717) is 23.5 Å². The Balaban J connectivity index is 1.50. The Labute approximate surface area is 206 Å². The van der Waals surface area contributed by atoms with E-state index >= 15 is 0 Å². The molecule has 0 aliphatic heterocycles. The number of anilines is 1. The molecule has 0 radical (unpaired) electrons. The van der Waals surface area contributed by atoms with Gasteiger partial charge in [-0.3, -0.25) is 10.3 Å². The highest BCUT2D eigenvalue weighted by molar-refractivity contribution is 5.90. The van der Waals surface area contributed by atoms with Gasteiger partial charge < -0.3 is 4.90 Å². The minimum absolute atomic E-state index is 0.0243. The molecular formula is C26H21FN8O. The van der Waals surface area contributed by atoms with Crippen LogP contribution in [0.5, 0.6) is 0 Å². The van der Waals surface area contributed by atoms with Gasteiger partial charge in [-0.2, -0.15) is 0 Å². The number of halogens is 1. The zero-order valence-electron chi connectivity index (χ0n) is 19.6. The highest BCUT2D eigenvalue weighted by Crippen LogP contribution is 2.31. The molecule has 0 fully saturated rings. The van der Waals surface area contributed by atoms with Crippen LogP contribution in [0.25, 0.3) is 33.4 Å². The van der Waals surface area contributed by atoms with Gasteiger partial charge >= 0.3 is 6.03 Å². The van der Waals surface area contributed by atoms with Gasteiger partial charge in [-0.1, -0.05) is 12.1 Å². The number of urea groups is 1. The molecule has 0 saturated carbocycles. The maximum Gasteiger partial charge on any atom is 0.324 e. The van der Waals surface area contributed by atoms with Crippen LogP contribution < -0.4 is 5.32 Å². The molecule has 3 heterocycles. The number of rotatable bonds is 5. The molecule has 5 rings (SSSR count). The molecule has 0 saturated heterocycles. The first-order valence-corrected chi connectivity index (χ1v) is 11.1. The van der Waals surface area contributed by atoms with Crippen LogP contribution in [-0.4, -0.2) is 48.1 Å². The number of hydrogen-bond acceptors (Lipinski definition) is 7. The van der Waals surface area contributed by atoms with Gasteiger partial charge in [-0.25, -0.2) is 24.1 Å². The Morgan fingerprint density at radius 1 is 0.944 bits per heavy atom. The van der Waals surface area contributed by atoms with Crippen molar-refractivity contribution < 1.29 is 9.18 Å². The lowest BCUT2D eigenvalue weighted by Crippen LogP contribution is -2.32. The number of carbonyl (C=O) groups excluding carboxylic acids is 1. The third kappa shape index (κ3) is 4.83. The van der Waals surface area contributed by atoms with Crippen molar-refractivity contribution in [1.29, 1.82) is 0 Å². The lowest BCUT2D eigenvalue weighted by Gasteiger charge is -2.17. The molecule has 178 valence electrons. The molecule has 0 unspecified atom stereocenters. The molecule has 36 heavy (non-hydrogen) atoms. The molecule has 0 aliphatic carbocycles. The van der Waals surface area contributed by atoms with Crippen molar-refractivity contribution in [2.45, 2.75) is 13.5 Å². The molecule has 9 nitrogen and oxygen atoms in total. The SMILES string of the molecule is Cc1ncnc2ccc(-c3nnc(NC(=O)N(C)Cc4ccccn4)nc3-c3ccc(F)cc3)cc12. The quantitative estimate of drug-likeness (QED) is 0.390. The fourth-order valence-electron chi connectivity index (χ4n) is 3.71. The second-order valence-electron chi connectivity index (χ2n) is 8.14. The summed E-state index contributed by atoms with van der Waals surface area (Å²) in [5.74, 6) is -0.346. The van der Waals surface area contributed by atoms with Gasteiger partial charge in [0.25, 0.3) is 5.95 Å². The maximum atomic E-state index is 13.6. The van der Waals surface area contributed by atoms with E-state index in [9.17, 15) is 9.18 Å². The van der Waals surface area contributed by atoms with Gasteiger partial charge in [0.15, 0.2) is 0 Å². The van der Waals surface area contributed by atoms with Crippen LogP contribution in [0.3, 0.4) is 0 Å². The smallest absolute Gasteiger partial charge is 0.322 e. The van der Waals surface area contributed by atoms with E-state index < -0.39 is 6.03 Å². The van der Waals surface area contributed by atoms with E-state index in [0.717, 1.165) is 27.9 Å². The van der Waals surface area contributed by atoms with Crippen LogP contribution in [0.4, 0.5) is 15.1 Å². The summed E-state index contributed by atoms with van der Waals surface area (Å²) in [6.07, 6.45) is 3.19. The standard InChI is InChI=1S/C26H21FN8O/c1-16-21-13-18(8-11-22(21)30-15-29-16)24-23(17-6-9-19(27)10-7-17)31-25(34-33-24)32-26(36)35(2)14-20-5-3-4-12-28-20/h3-13,15H,14H2,1-2H3,(H,31,32,34,36). The van der Waals surface area contributed by atoms with Crippen molar-refractivity contribution in [3.8, 4) is 22.5 Å². The van der Waals surface area contributed by atoms with Gasteiger partial charge in [0.1, 0.15) is 23.5 Å². The lowest BCUT2D eigenvalue weighted by molar-refractivity contribution is 0.220. The Bertz CT molecular complexity index is 1540. The van der Waals surface area contributed by atoms with Gasteiger partial charge in [0, 0.05) is 35.5 Å². The molecule has 0 aliphatic rings. The molecule has 10 heteroatoms. The Kier molecular flexibility index (Phi) is 6.23. The number of hydrogen-bond donors (Lipinski definition) is 1. The predicted octanol–water partition coefficient (Wildman–Crippen LogP) is 4.66. The largest absolute Gasteiger partial charge is 0.324 e. The number of benzene rings is 2. The molecule has 0 spiro atoms. The monoisotopic (exact) mass is 480 g/mol. The number of aryl methyl sites for hydroxylation is 1. The van der Waals surface area contributed by atoms with Gasteiger partial charge in [0.05, 0.1) is 17.8 Å². The minimum Gasteiger partial charge on any atom is -0.322 e. The summed E-state index contributed by atoms with van der Waals surface area (Å²) in [5, 5.41) is 12.1. The summed E-state index contributed by atoms with van der Waals surface area (Å²) < 4.78 is 13.6. The normalized spacial score (nSPS) is 10.9. The fourth-order valence-corrected chi connectivity index (χ4v) is 3.71. The first-order valence-electron chi connectivity index (χ1n) is 11.1. The zero-order valence-corrected chi connectivity index (χ0v) is 19.6. The van der Waals surface area contributed by atoms with Gasteiger partial charge in [0.2, 0.25) is 0 Å². The molecule has 1 N–H and O–H groups in total. The Morgan fingerprint density at radius 2 is 1.75 bits per heavy atom. The number of aromatic nitrogens is 6. The van der Waals surface area contributed by atoms with Crippen LogP contribution in [0.2, 0.25) is 0 Å². The Hall–Kier alpha value is -4.86. The van der Waals surface area contributed by atoms with Crippen LogP contribution in [0.15, 0.2) is 73.2 Å². The van der Waals surface area contributed by atoms with Crippen LogP contribution >= 0.6 is 0 Å². The van der Waals surface area contributed by atoms with Crippen LogP contribution in [-0.2, 0) is 6.54 Å². The predicted molar refractivity (Wildman–Crippen MR) is 133 cm³/mol. The van der Waals surface area contributed by atoms with Crippen LogP contribution in [0, 0.1) is 12.7 Å². The number of carbonyl (C=O) groups is 1. The molecule has 0 atom stereocenters. The van der Waals surface area contributed by atoms with Crippen molar-refractivity contribution in [1.82, 2.24) is 35.0 Å². The summed E-state index contributed by atoms with van der Waals surface area (Å²) in [5.41, 5.74) is 4.66. The summed E-state index contributed by atoms with van der Waals surface area (Å²) in [4.78, 5) is 31.6. The highest BCUT2D eigenvalue weighted by atomic mass is 19.1. The summed E-state index contributed by atoms with van der Waals surface area (Å²) in [6, 6.07) is 16.6. The molecular weight excluding hydrogens is 459 g/mol. The second-order valence-corrected chi connectivity index (χ2v) is 8.14. The number of fused-ring (bicyclic) bond motifs is 1.